The first-order chi connectivity index (χ1) is 15.9. The van der Waals surface area contributed by atoms with Gasteiger partial charge in [0.25, 0.3) is 5.91 Å². The molecular formula is C26H35N3O4. The van der Waals surface area contributed by atoms with E-state index in [1.165, 1.54) is 5.56 Å². The normalized spacial score (nSPS) is 22.3. The highest BCUT2D eigenvalue weighted by Gasteiger charge is 2.45. The van der Waals surface area contributed by atoms with Gasteiger partial charge in [0.2, 0.25) is 5.91 Å². The maximum atomic E-state index is 13.7. The van der Waals surface area contributed by atoms with E-state index >= 15 is 0 Å². The number of carbonyl (C=O) groups excluding carboxylic acids is 2. The lowest BCUT2D eigenvalue weighted by atomic mass is 9.74. The number of fused-ring (bicyclic) bond motifs is 1. The highest BCUT2D eigenvalue weighted by atomic mass is 16.5. The topological polar surface area (TPSA) is 75.9 Å². The lowest BCUT2D eigenvalue weighted by molar-refractivity contribution is -0.144. The van der Waals surface area contributed by atoms with Gasteiger partial charge in [0.05, 0.1) is 17.7 Å². The van der Waals surface area contributed by atoms with Gasteiger partial charge in [-0.1, -0.05) is 36.7 Å². The maximum absolute atomic E-state index is 13.7. The molecule has 7 nitrogen and oxygen atoms in total. The highest BCUT2D eigenvalue weighted by Crippen LogP contribution is 2.38. The predicted molar refractivity (Wildman–Crippen MR) is 125 cm³/mol. The monoisotopic (exact) mass is 453 g/mol. The number of likely N-dealkylation sites (N-methyl/N-ethyl adjacent to an activating group) is 1. The molecule has 2 amide bonds. The van der Waals surface area contributed by atoms with Crippen LogP contribution in [0.15, 0.2) is 28.8 Å². The molecule has 7 heteroatoms. The Morgan fingerprint density at radius 3 is 2.76 bits per heavy atom. The van der Waals surface area contributed by atoms with Gasteiger partial charge in [-0.25, -0.2) is 0 Å². The fourth-order valence-corrected chi connectivity index (χ4v) is 5.31. The smallest absolute Gasteiger partial charge is 0.259 e. The molecule has 1 atom stereocenters. The number of amides is 2. The number of rotatable bonds is 2. The fraction of sp³-hybridized carbons (Fsp3) is 0.577. The molecule has 2 aliphatic heterocycles. The number of carbonyl (C=O) groups is 2. The number of likely N-dealkylation sites (tertiary alicyclic amines) is 1. The Morgan fingerprint density at radius 2 is 1.94 bits per heavy atom. The average molecular weight is 454 g/mol. The van der Waals surface area contributed by atoms with Gasteiger partial charge in [-0.2, -0.15) is 0 Å². The minimum atomic E-state index is -0.557. The standard InChI is InChI=1S/C26H35N3O4/c1-4-21-23(19(2)33-27-21)24(30)29-15-9-14-26(18-29)13-8-7-11-20-10-5-6-12-22(20)32-17-16-28(3)25(26)31/h5-6,10,12H,4,7-9,11,13-18H2,1-3H3. The van der Waals surface area contributed by atoms with Gasteiger partial charge in [0, 0.05) is 20.1 Å². The van der Waals surface area contributed by atoms with Crippen LogP contribution < -0.4 is 4.74 Å². The van der Waals surface area contributed by atoms with Crippen molar-refractivity contribution in [3.05, 3.63) is 46.8 Å². The molecule has 2 aliphatic rings. The Balaban J connectivity index is 1.56. The third-order valence-electron chi connectivity index (χ3n) is 7.15. The first-order valence-electron chi connectivity index (χ1n) is 12.2. The van der Waals surface area contributed by atoms with E-state index in [0.717, 1.165) is 44.3 Å². The molecule has 1 fully saturated rings. The Kier molecular flexibility index (Phi) is 7.05. The van der Waals surface area contributed by atoms with E-state index in [1.54, 1.807) is 11.8 Å². The van der Waals surface area contributed by atoms with Gasteiger partial charge in [-0.3, -0.25) is 9.59 Å². The zero-order valence-electron chi connectivity index (χ0n) is 20.1. The Labute approximate surface area is 196 Å². The fourth-order valence-electron chi connectivity index (χ4n) is 5.31. The van der Waals surface area contributed by atoms with Crippen molar-refractivity contribution in [2.24, 2.45) is 5.41 Å². The van der Waals surface area contributed by atoms with Crippen LogP contribution in [-0.4, -0.2) is 60.1 Å². The number of aromatic nitrogens is 1. The molecule has 178 valence electrons. The van der Waals surface area contributed by atoms with E-state index in [4.69, 9.17) is 9.26 Å². The molecule has 0 aliphatic carbocycles. The summed E-state index contributed by atoms with van der Waals surface area (Å²) in [6.45, 7) is 5.83. The summed E-state index contributed by atoms with van der Waals surface area (Å²) in [5.74, 6) is 1.52. The molecule has 33 heavy (non-hydrogen) atoms. The van der Waals surface area contributed by atoms with Gasteiger partial charge in [0.1, 0.15) is 23.7 Å². The van der Waals surface area contributed by atoms with Crippen LogP contribution in [0.2, 0.25) is 0 Å². The molecule has 0 N–H and O–H groups in total. The lowest BCUT2D eigenvalue weighted by Gasteiger charge is -2.43. The third kappa shape index (κ3) is 4.77. The summed E-state index contributed by atoms with van der Waals surface area (Å²) in [4.78, 5) is 30.8. The number of nitrogens with zero attached hydrogens (tertiary/aromatic N) is 3. The number of aryl methyl sites for hydroxylation is 3. The zero-order chi connectivity index (χ0) is 23.4. The largest absolute Gasteiger partial charge is 0.491 e. The molecule has 1 aromatic carbocycles. The van der Waals surface area contributed by atoms with Gasteiger partial charge >= 0.3 is 0 Å². The second kappa shape index (κ2) is 9.98. The van der Waals surface area contributed by atoms with Crippen LogP contribution in [0.1, 0.15) is 66.4 Å². The van der Waals surface area contributed by atoms with Crippen molar-refractivity contribution in [3.8, 4) is 5.75 Å². The van der Waals surface area contributed by atoms with Gasteiger partial charge in [-0.05, 0) is 57.1 Å². The number of ether oxygens (including phenoxy) is 1. The Hall–Kier alpha value is -2.83. The van der Waals surface area contributed by atoms with E-state index in [0.29, 0.717) is 49.7 Å². The molecular weight excluding hydrogens is 418 g/mol. The van der Waals surface area contributed by atoms with E-state index in [2.05, 4.69) is 11.2 Å². The van der Waals surface area contributed by atoms with Crippen molar-refractivity contribution in [1.29, 1.82) is 0 Å². The summed E-state index contributed by atoms with van der Waals surface area (Å²) in [7, 11) is 1.85. The molecule has 1 saturated heterocycles. The minimum absolute atomic E-state index is 0.0662. The molecule has 1 unspecified atom stereocenters. The summed E-state index contributed by atoms with van der Waals surface area (Å²) in [6.07, 6.45) is 5.89. The van der Waals surface area contributed by atoms with Crippen LogP contribution in [0.3, 0.4) is 0 Å². The van der Waals surface area contributed by atoms with E-state index in [-0.39, 0.29) is 11.8 Å². The number of hydrogen-bond acceptors (Lipinski definition) is 5. The Morgan fingerprint density at radius 1 is 1.15 bits per heavy atom. The summed E-state index contributed by atoms with van der Waals surface area (Å²) in [6, 6.07) is 8.17. The summed E-state index contributed by atoms with van der Waals surface area (Å²) < 4.78 is 11.3. The highest BCUT2D eigenvalue weighted by molar-refractivity contribution is 5.97. The first kappa shape index (κ1) is 23.3. The van der Waals surface area contributed by atoms with Crippen LogP contribution in [0.5, 0.6) is 5.75 Å². The number of para-hydroxylation sites is 1. The molecule has 3 heterocycles. The van der Waals surface area contributed by atoms with Crippen molar-refractivity contribution in [2.75, 3.05) is 33.3 Å². The van der Waals surface area contributed by atoms with Crippen LogP contribution >= 0.6 is 0 Å². The molecule has 1 spiro atoms. The van der Waals surface area contributed by atoms with Crippen LogP contribution in [-0.2, 0) is 17.6 Å². The number of hydrogen-bond donors (Lipinski definition) is 0. The quantitative estimate of drug-likeness (QED) is 0.686. The molecule has 0 bridgehead atoms. The van der Waals surface area contributed by atoms with Crippen molar-refractivity contribution in [3.63, 3.8) is 0 Å². The number of benzene rings is 1. The van der Waals surface area contributed by atoms with E-state index in [1.807, 2.05) is 37.1 Å². The van der Waals surface area contributed by atoms with Crippen molar-refractivity contribution >= 4 is 11.8 Å². The van der Waals surface area contributed by atoms with Crippen LogP contribution in [0.25, 0.3) is 0 Å². The second-order valence-electron chi connectivity index (χ2n) is 9.41. The molecule has 2 aromatic rings. The van der Waals surface area contributed by atoms with Gasteiger partial charge < -0.3 is 19.1 Å². The van der Waals surface area contributed by atoms with Crippen molar-refractivity contribution < 1.29 is 18.8 Å². The zero-order valence-corrected chi connectivity index (χ0v) is 20.1. The average Bonchev–Trinajstić information content (AvgIpc) is 3.21. The minimum Gasteiger partial charge on any atom is -0.491 e. The van der Waals surface area contributed by atoms with E-state index < -0.39 is 5.41 Å². The Bertz CT molecular complexity index is 1000. The SMILES string of the molecule is CCc1noc(C)c1C(=O)N1CCCC2(CCCCc3ccccc3OCCN(C)C2=O)C1. The van der Waals surface area contributed by atoms with E-state index in [9.17, 15) is 9.59 Å². The lowest BCUT2D eigenvalue weighted by Crippen LogP contribution is -2.54. The number of piperidine rings is 1. The van der Waals surface area contributed by atoms with Crippen molar-refractivity contribution in [2.45, 2.75) is 58.8 Å². The van der Waals surface area contributed by atoms with Gasteiger partial charge in [0.15, 0.2) is 0 Å². The molecule has 0 saturated carbocycles. The maximum Gasteiger partial charge on any atom is 0.259 e. The third-order valence-corrected chi connectivity index (χ3v) is 7.15. The first-order valence-corrected chi connectivity index (χ1v) is 12.2. The molecule has 4 rings (SSSR count). The van der Waals surface area contributed by atoms with Crippen LogP contribution in [0.4, 0.5) is 0 Å². The summed E-state index contributed by atoms with van der Waals surface area (Å²) in [5, 5.41) is 4.06. The van der Waals surface area contributed by atoms with Crippen molar-refractivity contribution in [1.82, 2.24) is 15.0 Å². The second-order valence-corrected chi connectivity index (χ2v) is 9.41. The summed E-state index contributed by atoms with van der Waals surface area (Å²) in [5.41, 5.74) is 1.92. The molecule has 1 aromatic heterocycles. The van der Waals surface area contributed by atoms with Crippen LogP contribution in [0, 0.1) is 12.3 Å². The predicted octanol–water partition coefficient (Wildman–Crippen LogP) is 4.03. The molecule has 0 radical (unpaired) electrons. The van der Waals surface area contributed by atoms with Gasteiger partial charge in [-0.15, -0.1) is 0 Å². The summed E-state index contributed by atoms with van der Waals surface area (Å²) >= 11 is 0.